The number of carbonyl (C=O) groups excluding carboxylic acids is 1. The summed E-state index contributed by atoms with van der Waals surface area (Å²) >= 11 is 0. The third-order valence-corrected chi connectivity index (χ3v) is 8.64. The molecule has 4 aromatic carbocycles. The maximum absolute atomic E-state index is 13.9. The molecule has 2 heterocycles. The lowest BCUT2D eigenvalue weighted by molar-refractivity contribution is 0.0940. The molecule has 0 aliphatic carbocycles. The molecule has 1 aliphatic heterocycles. The van der Waals surface area contributed by atoms with E-state index in [2.05, 4.69) is 32.7 Å². The van der Waals surface area contributed by atoms with Crippen molar-refractivity contribution in [2.24, 2.45) is 0 Å². The molecule has 46 heavy (non-hydrogen) atoms. The maximum Gasteiger partial charge on any atom is 0.251 e. The van der Waals surface area contributed by atoms with Gasteiger partial charge >= 0.3 is 0 Å². The van der Waals surface area contributed by atoms with Crippen molar-refractivity contribution >= 4 is 28.2 Å². The van der Waals surface area contributed by atoms with Crippen LogP contribution in [0.4, 0.5) is 15.8 Å². The number of pyridine rings is 1. The molecule has 8 heteroatoms. The van der Waals surface area contributed by atoms with Crippen LogP contribution in [0.3, 0.4) is 0 Å². The number of aryl methyl sites for hydroxylation is 2. The fourth-order valence-corrected chi connectivity index (χ4v) is 6.40. The first-order chi connectivity index (χ1) is 22.4. The molecule has 0 saturated heterocycles. The molecular weight excluding hydrogens is 579 g/mol. The van der Waals surface area contributed by atoms with Gasteiger partial charge in [-0.2, -0.15) is 0 Å². The number of benzene rings is 4. The van der Waals surface area contributed by atoms with Crippen molar-refractivity contribution in [1.29, 1.82) is 0 Å². The highest BCUT2D eigenvalue weighted by atomic mass is 19.1. The number of aromatic nitrogens is 1. The number of rotatable bonds is 11. The number of nitrogens with zero attached hydrogens (tertiary/aromatic N) is 2. The largest absolute Gasteiger partial charge is 0.493 e. The first-order valence-corrected chi connectivity index (χ1v) is 15.7. The Morgan fingerprint density at radius 2 is 1.76 bits per heavy atom. The van der Waals surface area contributed by atoms with Gasteiger partial charge in [0.25, 0.3) is 5.91 Å². The molecule has 0 fully saturated rings. The molecule has 1 aliphatic rings. The minimum atomic E-state index is -0.226. The second kappa shape index (κ2) is 14.0. The van der Waals surface area contributed by atoms with Crippen LogP contribution >= 0.6 is 0 Å². The summed E-state index contributed by atoms with van der Waals surface area (Å²) in [5.41, 5.74) is 7.58. The smallest absolute Gasteiger partial charge is 0.251 e. The molecule has 1 unspecified atom stereocenters. The van der Waals surface area contributed by atoms with Gasteiger partial charge in [0.1, 0.15) is 5.82 Å². The predicted octanol–water partition coefficient (Wildman–Crippen LogP) is 7.41. The van der Waals surface area contributed by atoms with E-state index < -0.39 is 0 Å². The van der Waals surface area contributed by atoms with Crippen LogP contribution < -0.4 is 20.1 Å². The number of hydrogen-bond acceptors (Lipinski definition) is 6. The van der Waals surface area contributed by atoms with Gasteiger partial charge in [-0.3, -0.25) is 14.7 Å². The Morgan fingerprint density at radius 3 is 2.59 bits per heavy atom. The lowest BCUT2D eigenvalue weighted by Crippen LogP contribution is -2.41. The van der Waals surface area contributed by atoms with E-state index in [-0.39, 0.29) is 17.8 Å². The van der Waals surface area contributed by atoms with Gasteiger partial charge in [-0.25, -0.2) is 4.39 Å². The number of ether oxygens (including phenoxy) is 2. The molecule has 1 amide bonds. The van der Waals surface area contributed by atoms with Crippen molar-refractivity contribution < 1.29 is 18.7 Å². The quantitative estimate of drug-likeness (QED) is 0.161. The highest BCUT2D eigenvalue weighted by molar-refractivity contribution is 5.96. The number of para-hydroxylation sites is 1. The molecule has 0 bridgehead atoms. The summed E-state index contributed by atoms with van der Waals surface area (Å²) in [5.74, 6) is 1.06. The molecule has 1 atom stereocenters. The van der Waals surface area contributed by atoms with E-state index in [1.807, 2.05) is 67.6 Å². The lowest BCUT2D eigenvalue weighted by atomic mass is 9.88. The number of nitrogens with one attached hydrogen (secondary N) is 2. The molecule has 7 nitrogen and oxygen atoms in total. The third kappa shape index (κ3) is 6.97. The van der Waals surface area contributed by atoms with Crippen LogP contribution in [0.5, 0.6) is 11.5 Å². The van der Waals surface area contributed by atoms with Gasteiger partial charge in [-0.15, -0.1) is 0 Å². The summed E-state index contributed by atoms with van der Waals surface area (Å²) in [6, 6.07) is 28.6. The number of hydrogen-bond donors (Lipinski definition) is 2. The monoisotopic (exact) mass is 618 g/mol. The van der Waals surface area contributed by atoms with Gasteiger partial charge in [0.2, 0.25) is 0 Å². The normalized spacial score (nSPS) is 14.5. The fraction of sp³-hybridized carbons (Fsp3) is 0.263. The van der Waals surface area contributed by atoms with Gasteiger partial charge in [0, 0.05) is 53.7 Å². The van der Waals surface area contributed by atoms with Gasteiger partial charge in [0.15, 0.2) is 11.5 Å². The number of anilines is 2. The number of fused-ring (bicyclic) bond motifs is 2. The van der Waals surface area contributed by atoms with Crippen LogP contribution in [0.15, 0.2) is 91.0 Å². The van der Waals surface area contributed by atoms with E-state index in [0.717, 1.165) is 65.1 Å². The summed E-state index contributed by atoms with van der Waals surface area (Å²) in [6.45, 7) is 3.98. The minimum absolute atomic E-state index is 0.0786. The minimum Gasteiger partial charge on any atom is -0.493 e. The van der Waals surface area contributed by atoms with Gasteiger partial charge in [-0.05, 0) is 97.5 Å². The predicted molar refractivity (Wildman–Crippen MR) is 181 cm³/mol. The van der Waals surface area contributed by atoms with E-state index in [9.17, 15) is 9.18 Å². The molecule has 236 valence electrons. The standard InChI is InChI=1S/C38H39FN4O3/c1-25-20-34(31-12-4-5-13-33(31)41-25)42-30-11-7-9-28(22-30)38(44)40-17-19-43-18-16-27-23-36(45-2)37(46-3)24-32(27)35(43)15-14-26-8-6-10-29(39)21-26/h4-13,20-24,35H,14-19H2,1-3H3,(H,40,44)(H,41,42). The van der Waals surface area contributed by atoms with Crippen LogP contribution in [-0.4, -0.2) is 49.6 Å². The summed E-state index contributed by atoms with van der Waals surface area (Å²) < 4.78 is 25.1. The Bertz CT molecular complexity index is 1860. The Morgan fingerprint density at radius 1 is 0.957 bits per heavy atom. The third-order valence-electron chi connectivity index (χ3n) is 8.64. The topological polar surface area (TPSA) is 75.7 Å². The summed E-state index contributed by atoms with van der Waals surface area (Å²) in [6.07, 6.45) is 2.39. The van der Waals surface area contributed by atoms with Crippen molar-refractivity contribution in [3.8, 4) is 11.5 Å². The van der Waals surface area contributed by atoms with Crippen LogP contribution in [-0.2, 0) is 12.8 Å². The van der Waals surface area contributed by atoms with Crippen LogP contribution in [0.1, 0.15) is 45.2 Å². The Kier molecular flexibility index (Phi) is 9.45. The molecule has 5 aromatic rings. The number of halogens is 1. The van der Waals surface area contributed by atoms with Gasteiger partial charge in [0.05, 0.1) is 19.7 Å². The van der Waals surface area contributed by atoms with Crippen LogP contribution in [0.2, 0.25) is 0 Å². The highest BCUT2D eigenvalue weighted by Gasteiger charge is 2.29. The maximum atomic E-state index is 13.9. The first kappa shape index (κ1) is 31.0. The molecule has 0 saturated carbocycles. The summed E-state index contributed by atoms with van der Waals surface area (Å²) in [7, 11) is 3.30. The molecular formula is C38H39FN4O3. The van der Waals surface area contributed by atoms with Crippen molar-refractivity contribution in [3.05, 3.63) is 125 Å². The van der Waals surface area contributed by atoms with Crippen molar-refractivity contribution in [2.75, 3.05) is 39.2 Å². The molecule has 0 radical (unpaired) electrons. The van der Waals surface area contributed by atoms with E-state index >= 15 is 0 Å². The van der Waals surface area contributed by atoms with E-state index in [1.165, 1.54) is 17.2 Å². The SMILES string of the molecule is COc1cc2c(cc1OC)C(CCc1cccc(F)c1)N(CCNC(=O)c1cccc(Nc3cc(C)nc4ccccc34)c1)CC2. The second-order valence-electron chi connectivity index (χ2n) is 11.7. The molecule has 1 aromatic heterocycles. The average molecular weight is 619 g/mol. The number of carbonyl (C=O) groups is 1. The summed E-state index contributed by atoms with van der Waals surface area (Å²) in [4.78, 5) is 20.3. The first-order valence-electron chi connectivity index (χ1n) is 15.7. The van der Waals surface area contributed by atoms with Crippen LogP contribution in [0, 0.1) is 12.7 Å². The van der Waals surface area contributed by atoms with Crippen molar-refractivity contribution in [3.63, 3.8) is 0 Å². The Balaban J connectivity index is 1.15. The lowest BCUT2D eigenvalue weighted by Gasteiger charge is -2.38. The Hall–Kier alpha value is -4.95. The Labute approximate surface area is 269 Å². The zero-order chi connectivity index (χ0) is 32.0. The van der Waals surface area contributed by atoms with E-state index in [1.54, 1.807) is 26.4 Å². The van der Waals surface area contributed by atoms with Gasteiger partial charge in [-0.1, -0.05) is 36.4 Å². The van der Waals surface area contributed by atoms with E-state index in [4.69, 9.17) is 9.47 Å². The van der Waals surface area contributed by atoms with E-state index in [0.29, 0.717) is 24.4 Å². The van der Waals surface area contributed by atoms with Crippen molar-refractivity contribution in [1.82, 2.24) is 15.2 Å². The van der Waals surface area contributed by atoms with Crippen molar-refractivity contribution in [2.45, 2.75) is 32.2 Å². The van der Waals surface area contributed by atoms with Gasteiger partial charge < -0.3 is 20.1 Å². The number of amides is 1. The summed E-state index contributed by atoms with van der Waals surface area (Å²) in [5, 5.41) is 7.64. The molecule has 6 rings (SSSR count). The zero-order valence-electron chi connectivity index (χ0n) is 26.5. The fourth-order valence-electron chi connectivity index (χ4n) is 6.40. The average Bonchev–Trinajstić information content (AvgIpc) is 3.07. The molecule has 2 N–H and O–H groups in total. The highest BCUT2D eigenvalue weighted by Crippen LogP contribution is 2.40. The second-order valence-corrected chi connectivity index (χ2v) is 11.7. The molecule has 0 spiro atoms. The zero-order valence-corrected chi connectivity index (χ0v) is 26.5. The van der Waals surface area contributed by atoms with Crippen LogP contribution in [0.25, 0.3) is 10.9 Å². The number of methoxy groups -OCH3 is 2.